The van der Waals surface area contributed by atoms with Crippen LogP contribution in [0.3, 0.4) is 0 Å². The fourth-order valence-corrected chi connectivity index (χ4v) is 2.50. The summed E-state index contributed by atoms with van der Waals surface area (Å²) >= 11 is 0. The SMILES string of the molecule is CCCNC(C)C1CCCCN1CCO. The highest BCUT2D eigenvalue weighted by Gasteiger charge is 2.26. The van der Waals surface area contributed by atoms with Crippen molar-refractivity contribution < 1.29 is 5.11 Å². The van der Waals surface area contributed by atoms with Crippen LogP contribution in [-0.2, 0) is 0 Å². The first-order valence-corrected chi connectivity index (χ1v) is 6.38. The van der Waals surface area contributed by atoms with E-state index >= 15 is 0 Å². The number of piperidine rings is 1. The number of likely N-dealkylation sites (tertiary alicyclic amines) is 1. The van der Waals surface area contributed by atoms with Crippen molar-refractivity contribution in [3.63, 3.8) is 0 Å². The van der Waals surface area contributed by atoms with Gasteiger partial charge >= 0.3 is 0 Å². The van der Waals surface area contributed by atoms with Crippen molar-refractivity contribution >= 4 is 0 Å². The van der Waals surface area contributed by atoms with E-state index in [0.717, 1.165) is 19.6 Å². The monoisotopic (exact) mass is 214 g/mol. The normalized spacial score (nSPS) is 25.4. The summed E-state index contributed by atoms with van der Waals surface area (Å²) in [6.45, 7) is 7.86. The van der Waals surface area contributed by atoms with Gasteiger partial charge in [0.15, 0.2) is 0 Å². The Morgan fingerprint density at radius 2 is 2.27 bits per heavy atom. The first-order chi connectivity index (χ1) is 7.29. The molecular weight excluding hydrogens is 188 g/mol. The highest BCUT2D eigenvalue weighted by Crippen LogP contribution is 2.19. The Bertz CT molecular complexity index is 162. The molecule has 0 aromatic carbocycles. The Labute approximate surface area is 93.9 Å². The molecule has 0 aromatic rings. The number of hydrogen-bond donors (Lipinski definition) is 2. The lowest BCUT2D eigenvalue weighted by Crippen LogP contribution is -2.51. The second-order valence-corrected chi connectivity index (χ2v) is 4.57. The van der Waals surface area contributed by atoms with Crippen LogP contribution in [0, 0.1) is 0 Å². The molecule has 1 heterocycles. The van der Waals surface area contributed by atoms with Gasteiger partial charge in [-0.1, -0.05) is 13.3 Å². The van der Waals surface area contributed by atoms with Crippen LogP contribution < -0.4 is 5.32 Å². The van der Waals surface area contributed by atoms with Gasteiger partial charge in [-0.25, -0.2) is 0 Å². The van der Waals surface area contributed by atoms with E-state index in [0.29, 0.717) is 12.1 Å². The van der Waals surface area contributed by atoms with Crippen molar-refractivity contribution in [2.75, 3.05) is 26.2 Å². The molecule has 90 valence electrons. The van der Waals surface area contributed by atoms with Crippen LogP contribution in [0.1, 0.15) is 39.5 Å². The lowest BCUT2D eigenvalue weighted by atomic mass is 9.96. The van der Waals surface area contributed by atoms with E-state index < -0.39 is 0 Å². The smallest absolute Gasteiger partial charge is 0.0558 e. The predicted octanol–water partition coefficient (Wildman–Crippen LogP) is 1.22. The lowest BCUT2D eigenvalue weighted by molar-refractivity contribution is 0.0954. The number of aliphatic hydroxyl groups excluding tert-OH is 1. The highest BCUT2D eigenvalue weighted by molar-refractivity contribution is 4.84. The molecule has 0 amide bonds. The Morgan fingerprint density at radius 3 is 2.93 bits per heavy atom. The molecule has 2 N–H and O–H groups in total. The van der Waals surface area contributed by atoms with E-state index in [-0.39, 0.29) is 6.61 Å². The molecule has 2 atom stereocenters. The molecule has 1 aliphatic rings. The Balaban J connectivity index is 2.39. The maximum Gasteiger partial charge on any atom is 0.0558 e. The Hall–Kier alpha value is -0.120. The molecule has 15 heavy (non-hydrogen) atoms. The molecule has 2 unspecified atom stereocenters. The molecule has 3 nitrogen and oxygen atoms in total. The van der Waals surface area contributed by atoms with E-state index in [2.05, 4.69) is 24.1 Å². The summed E-state index contributed by atoms with van der Waals surface area (Å²) in [5, 5.41) is 12.6. The first-order valence-electron chi connectivity index (χ1n) is 6.38. The van der Waals surface area contributed by atoms with Crippen LogP contribution >= 0.6 is 0 Å². The zero-order valence-electron chi connectivity index (χ0n) is 10.2. The molecule has 0 aromatic heterocycles. The van der Waals surface area contributed by atoms with Crippen LogP contribution in [0.5, 0.6) is 0 Å². The number of nitrogens with one attached hydrogen (secondary N) is 1. The summed E-state index contributed by atoms with van der Waals surface area (Å²) in [5.74, 6) is 0. The number of nitrogens with zero attached hydrogens (tertiary/aromatic N) is 1. The van der Waals surface area contributed by atoms with E-state index in [1.54, 1.807) is 0 Å². The molecular formula is C12H26N2O. The lowest BCUT2D eigenvalue weighted by Gasteiger charge is -2.39. The molecule has 1 aliphatic heterocycles. The van der Waals surface area contributed by atoms with Gasteiger partial charge < -0.3 is 10.4 Å². The minimum Gasteiger partial charge on any atom is -0.395 e. The number of hydrogen-bond acceptors (Lipinski definition) is 3. The Kier molecular flexibility index (Phi) is 6.22. The average molecular weight is 214 g/mol. The summed E-state index contributed by atoms with van der Waals surface area (Å²) in [5.41, 5.74) is 0. The third kappa shape index (κ3) is 4.09. The van der Waals surface area contributed by atoms with Gasteiger partial charge in [0.05, 0.1) is 6.61 Å². The molecule has 1 rings (SSSR count). The number of rotatable bonds is 6. The van der Waals surface area contributed by atoms with Crippen molar-refractivity contribution in [3.05, 3.63) is 0 Å². The van der Waals surface area contributed by atoms with E-state index in [1.165, 1.54) is 25.7 Å². The van der Waals surface area contributed by atoms with Crippen LogP contribution in [0.25, 0.3) is 0 Å². The van der Waals surface area contributed by atoms with Crippen LogP contribution in [0.2, 0.25) is 0 Å². The van der Waals surface area contributed by atoms with Crippen LogP contribution in [0.4, 0.5) is 0 Å². The summed E-state index contributed by atoms with van der Waals surface area (Å²) < 4.78 is 0. The fourth-order valence-electron chi connectivity index (χ4n) is 2.50. The summed E-state index contributed by atoms with van der Waals surface area (Å²) in [6, 6.07) is 1.18. The van der Waals surface area contributed by atoms with Gasteiger partial charge in [-0.05, 0) is 39.3 Å². The third-order valence-corrected chi connectivity index (χ3v) is 3.34. The maximum atomic E-state index is 9.03. The zero-order chi connectivity index (χ0) is 11.1. The van der Waals surface area contributed by atoms with Crippen molar-refractivity contribution in [2.24, 2.45) is 0 Å². The molecule has 1 saturated heterocycles. The van der Waals surface area contributed by atoms with E-state index in [1.807, 2.05) is 0 Å². The van der Waals surface area contributed by atoms with Gasteiger partial charge in [-0.3, -0.25) is 4.90 Å². The maximum absolute atomic E-state index is 9.03. The van der Waals surface area contributed by atoms with Gasteiger partial charge in [0.25, 0.3) is 0 Å². The van der Waals surface area contributed by atoms with Crippen molar-refractivity contribution in [2.45, 2.75) is 51.6 Å². The molecule has 1 fully saturated rings. The number of β-amino-alcohol motifs (C(OH)–C–C–N with tert-alkyl or cyclic N) is 1. The third-order valence-electron chi connectivity index (χ3n) is 3.34. The van der Waals surface area contributed by atoms with Crippen molar-refractivity contribution in [1.29, 1.82) is 0 Å². The van der Waals surface area contributed by atoms with Gasteiger partial charge in [0.2, 0.25) is 0 Å². The average Bonchev–Trinajstić information content (AvgIpc) is 2.27. The molecule has 0 saturated carbocycles. The van der Waals surface area contributed by atoms with E-state index in [4.69, 9.17) is 5.11 Å². The second kappa shape index (κ2) is 7.20. The first kappa shape index (κ1) is 12.9. The fraction of sp³-hybridized carbons (Fsp3) is 1.00. The van der Waals surface area contributed by atoms with Gasteiger partial charge in [0.1, 0.15) is 0 Å². The molecule has 3 heteroatoms. The van der Waals surface area contributed by atoms with E-state index in [9.17, 15) is 0 Å². The summed E-state index contributed by atoms with van der Waals surface area (Å²) in [7, 11) is 0. The summed E-state index contributed by atoms with van der Waals surface area (Å²) in [6.07, 6.45) is 5.09. The molecule has 0 aliphatic carbocycles. The second-order valence-electron chi connectivity index (χ2n) is 4.57. The highest BCUT2D eigenvalue weighted by atomic mass is 16.3. The number of aliphatic hydroxyl groups is 1. The zero-order valence-corrected chi connectivity index (χ0v) is 10.2. The van der Waals surface area contributed by atoms with Crippen molar-refractivity contribution in [3.8, 4) is 0 Å². The molecule has 0 spiro atoms. The van der Waals surface area contributed by atoms with Crippen LogP contribution in [-0.4, -0.2) is 48.3 Å². The summed E-state index contributed by atoms with van der Waals surface area (Å²) in [4.78, 5) is 2.44. The predicted molar refractivity (Wildman–Crippen MR) is 64.1 cm³/mol. The van der Waals surface area contributed by atoms with Gasteiger partial charge in [-0.15, -0.1) is 0 Å². The molecule has 0 radical (unpaired) electrons. The van der Waals surface area contributed by atoms with Gasteiger partial charge in [-0.2, -0.15) is 0 Å². The minimum absolute atomic E-state index is 0.289. The van der Waals surface area contributed by atoms with Gasteiger partial charge in [0, 0.05) is 18.6 Å². The topological polar surface area (TPSA) is 35.5 Å². The minimum atomic E-state index is 0.289. The van der Waals surface area contributed by atoms with Crippen molar-refractivity contribution in [1.82, 2.24) is 10.2 Å². The molecule has 0 bridgehead atoms. The Morgan fingerprint density at radius 1 is 1.47 bits per heavy atom. The largest absolute Gasteiger partial charge is 0.395 e. The quantitative estimate of drug-likeness (QED) is 0.698. The van der Waals surface area contributed by atoms with Crippen LogP contribution in [0.15, 0.2) is 0 Å². The standard InChI is InChI=1S/C12H26N2O/c1-3-7-13-11(2)12-6-4-5-8-14(12)9-10-15/h11-13,15H,3-10H2,1-2H3.